The first-order chi connectivity index (χ1) is 9.15. The minimum absolute atomic E-state index is 0.250. The summed E-state index contributed by atoms with van der Waals surface area (Å²) >= 11 is 0. The third-order valence-corrected chi connectivity index (χ3v) is 4.52. The second-order valence-electron chi connectivity index (χ2n) is 6.55. The Hall–Kier alpha value is -1.31. The van der Waals surface area contributed by atoms with Crippen LogP contribution in [0.25, 0.3) is 0 Å². The van der Waals surface area contributed by atoms with Crippen LogP contribution < -0.4 is 0 Å². The van der Waals surface area contributed by atoms with Gasteiger partial charge in [-0.25, -0.2) is 0 Å². The first kappa shape index (κ1) is 12.7. The summed E-state index contributed by atoms with van der Waals surface area (Å²) in [6, 6.07) is 10.5. The molecule has 19 heavy (non-hydrogen) atoms. The largest absolute Gasteiger partial charge is 0.342 e. The summed E-state index contributed by atoms with van der Waals surface area (Å²) < 4.78 is 0. The molecule has 1 heterocycles. The Bertz CT molecular complexity index is 446. The molecule has 1 saturated heterocycles. The molecule has 1 aromatic carbocycles. The van der Waals surface area contributed by atoms with E-state index in [2.05, 4.69) is 43.0 Å². The van der Waals surface area contributed by atoms with Gasteiger partial charge in [0.2, 0.25) is 5.91 Å². The van der Waals surface area contributed by atoms with Gasteiger partial charge < -0.3 is 4.90 Å². The molecule has 4 atom stereocenters. The smallest absolute Gasteiger partial charge is 0.226 e. The lowest BCUT2D eigenvalue weighted by Gasteiger charge is -2.35. The standard InChI is InChI=1S/C17H23NO/c1-12-8-13(2)11-18(10-12)17(19)16-9-15(16)14-6-4-3-5-7-14/h3-7,12-13,15-16H,8-11H2,1-2H3/t12-,13+,15-,16-/m1/s1. The van der Waals surface area contributed by atoms with Crippen molar-refractivity contribution in [3.63, 3.8) is 0 Å². The van der Waals surface area contributed by atoms with E-state index in [4.69, 9.17) is 0 Å². The number of carbonyl (C=O) groups is 1. The summed E-state index contributed by atoms with van der Waals surface area (Å²) in [5.41, 5.74) is 1.33. The zero-order valence-electron chi connectivity index (χ0n) is 11.9. The third kappa shape index (κ3) is 2.68. The molecule has 0 bridgehead atoms. The van der Waals surface area contributed by atoms with E-state index >= 15 is 0 Å². The monoisotopic (exact) mass is 257 g/mol. The van der Waals surface area contributed by atoms with Crippen LogP contribution in [-0.4, -0.2) is 23.9 Å². The minimum atomic E-state index is 0.250. The number of nitrogens with zero attached hydrogens (tertiary/aromatic N) is 1. The lowest BCUT2D eigenvalue weighted by atomic mass is 9.91. The summed E-state index contributed by atoms with van der Waals surface area (Å²) in [4.78, 5) is 14.7. The maximum atomic E-state index is 12.6. The maximum absolute atomic E-state index is 12.6. The lowest BCUT2D eigenvalue weighted by Crippen LogP contribution is -2.43. The molecule has 1 saturated carbocycles. The number of likely N-dealkylation sites (tertiary alicyclic amines) is 1. The van der Waals surface area contributed by atoms with Crippen LogP contribution in [0.3, 0.4) is 0 Å². The van der Waals surface area contributed by atoms with E-state index in [0.717, 1.165) is 19.5 Å². The van der Waals surface area contributed by atoms with Gasteiger partial charge in [0.05, 0.1) is 0 Å². The number of carbonyl (C=O) groups excluding carboxylic acids is 1. The molecule has 1 amide bonds. The van der Waals surface area contributed by atoms with Gasteiger partial charge in [-0.2, -0.15) is 0 Å². The van der Waals surface area contributed by atoms with Crippen molar-refractivity contribution in [2.45, 2.75) is 32.6 Å². The number of amides is 1. The van der Waals surface area contributed by atoms with Crippen molar-refractivity contribution in [3.8, 4) is 0 Å². The van der Waals surface area contributed by atoms with Gasteiger partial charge in [-0.3, -0.25) is 4.79 Å². The Morgan fingerprint density at radius 3 is 2.32 bits per heavy atom. The van der Waals surface area contributed by atoms with Crippen molar-refractivity contribution < 1.29 is 4.79 Å². The fourth-order valence-electron chi connectivity index (χ4n) is 3.61. The van der Waals surface area contributed by atoms with E-state index in [0.29, 0.717) is 23.7 Å². The number of hydrogen-bond acceptors (Lipinski definition) is 1. The fourth-order valence-corrected chi connectivity index (χ4v) is 3.61. The van der Waals surface area contributed by atoms with E-state index in [9.17, 15) is 4.79 Å². The SMILES string of the molecule is C[C@@H]1C[C@H](C)CN(C(=O)[C@@H]2C[C@@H]2c2ccccc2)C1. The molecule has 102 valence electrons. The second-order valence-corrected chi connectivity index (χ2v) is 6.55. The van der Waals surface area contributed by atoms with Crippen molar-refractivity contribution in [1.29, 1.82) is 0 Å². The van der Waals surface area contributed by atoms with E-state index in [1.54, 1.807) is 0 Å². The predicted molar refractivity (Wildman–Crippen MR) is 76.8 cm³/mol. The number of hydrogen-bond donors (Lipinski definition) is 0. The summed E-state index contributed by atoms with van der Waals surface area (Å²) in [6.07, 6.45) is 2.30. The molecule has 2 aliphatic rings. The van der Waals surface area contributed by atoms with Gasteiger partial charge in [0, 0.05) is 19.0 Å². The summed E-state index contributed by atoms with van der Waals surface area (Å²) in [5.74, 6) is 2.43. The number of benzene rings is 1. The molecule has 2 heteroatoms. The molecule has 0 unspecified atom stereocenters. The summed E-state index contributed by atoms with van der Waals surface area (Å²) in [5, 5.41) is 0. The molecular weight excluding hydrogens is 234 g/mol. The van der Waals surface area contributed by atoms with Gasteiger partial charge in [-0.05, 0) is 36.2 Å². The van der Waals surface area contributed by atoms with Gasteiger partial charge in [0.25, 0.3) is 0 Å². The van der Waals surface area contributed by atoms with Crippen molar-refractivity contribution in [2.24, 2.45) is 17.8 Å². The highest BCUT2D eigenvalue weighted by atomic mass is 16.2. The van der Waals surface area contributed by atoms with Crippen molar-refractivity contribution in [1.82, 2.24) is 4.90 Å². The molecular formula is C17H23NO. The van der Waals surface area contributed by atoms with E-state index < -0.39 is 0 Å². The second kappa shape index (κ2) is 4.99. The normalized spacial score (nSPS) is 34.1. The van der Waals surface area contributed by atoms with Gasteiger partial charge in [0.15, 0.2) is 0 Å². The molecule has 1 aliphatic carbocycles. The highest BCUT2D eigenvalue weighted by Gasteiger charge is 2.46. The van der Waals surface area contributed by atoms with Crippen molar-refractivity contribution >= 4 is 5.91 Å². The predicted octanol–water partition coefficient (Wildman–Crippen LogP) is 3.29. The molecule has 2 nitrogen and oxygen atoms in total. The number of rotatable bonds is 2. The highest BCUT2D eigenvalue weighted by molar-refractivity contribution is 5.83. The van der Waals surface area contributed by atoms with Crippen LogP contribution >= 0.6 is 0 Å². The zero-order chi connectivity index (χ0) is 13.4. The first-order valence-corrected chi connectivity index (χ1v) is 7.49. The average molecular weight is 257 g/mol. The maximum Gasteiger partial charge on any atom is 0.226 e. The Morgan fingerprint density at radius 2 is 1.68 bits per heavy atom. The quantitative estimate of drug-likeness (QED) is 0.796. The zero-order valence-corrected chi connectivity index (χ0v) is 11.9. The molecule has 1 aliphatic heterocycles. The topological polar surface area (TPSA) is 20.3 Å². The Morgan fingerprint density at radius 1 is 1.05 bits per heavy atom. The molecule has 1 aromatic rings. The van der Waals surface area contributed by atoms with Crippen LogP contribution in [0, 0.1) is 17.8 Å². The molecule has 3 rings (SSSR count). The van der Waals surface area contributed by atoms with Crippen LogP contribution in [0.1, 0.15) is 38.2 Å². The minimum Gasteiger partial charge on any atom is -0.342 e. The summed E-state index contributed by atoms with van der Waals surface area (Å²) in [6.45, 7) is 6.44. The summed E-state index contributed by atoms with van der Waals surface area (Å²) in [7, 11) is 0. The Kier molecular flexibility index (Phi) is 3.34. The van der Waals surface area contributed by atoms with Gasteiger partial charge in [-0.15, -0.1) is 0 Å². The fraction of sp³-hybridized carbons (Fsp3) is 0.588. The first-order valence-electron chi connectivity index (χ1n) is 7.49. The highest BCUT2D eigenvalue weighted by Crippen LogP contribution is 2.48. The average Bonchev–Trinajstić information content (AvgIpc) is 3.18. The van der Waals surface area contributed by atoms with Crippen molar-refractivity contribution in [3.05, 3.63) is 35.9 Å². The number of piperidine rings is 1. The van der Waals surface area contributed by atoms with E-state index in [1.165, 1.54) is 12.0 Å². The van der Waals surface area contributed by atoms with Crippen LogP contribution in [0.2, 0.25) is 0 Å². The van der Waals surface area contributed by atoms with Crippen LogP contribution in [0.4, 0.5) is 0 Å². The Labute approximate surface area is 115 Å². The lowest BCUT2D eigenvalue weighted by molar-refractivity contribution is -0.135. The van der Waals surface area contributed by atoms with Crippen LogP contribution in [0.5, 0.6) is 0 Å². The molecule has 0 radical (unpaired) electrons. The Balaban J connectivity index is 1.63. The van der Waals surface area contributed by atoms with Crippen LogP contribution in [-0.2, 0) is 4.79 Å². The van der Waals surface area contributed by atoms with E-state index in [-0.39, 0.29) is 5.92 Å². The van der Waals surface area contributed by atoms with Crippen LogP contribution in [0.15, 0.2) is 30.3 Å². The van der Waals surface area contributed by atoms with E-state index in [1.807, 2.05) is 6.07 Å². The van der Waals surface area contributed by atoms with Gasteiger partial charge in [0.1, 0.15) is 0 Å². The molecule has 0 spiro atoms. The van der Waals surface area contributed by atoms with Gasteiger partial charge >= 0.3 is 0 Å². The van der Waals surface area contributed by atoms with Crippen molar-refractivity contribution in [2.75, 3.05) is 13.1 Å². The van der Waals surface area contributed by atoms with Gasteiger partial charge in [-0.1, -0.05) is 44.2 Å². The molecule has 2 fully saturated rings. The molecule has 0 N–H and O–H groups in total. The third-order valence-electron chi connectivity index (χ3n) is 4.52. The molecule has 0 aromatic heterocycles.